The number of hydrogen-bond acceptors (Lipinski definition) is 3. The minimum atomic E-state index is -0.0102. The molecule has 4 rings (SSSR count). The molecule has 2 aromatic carbocycles. The molecule has 0 N–H and O–H groups in total. The number of fused-ring (bicyclic) bond motifs is 1. The molecule has 0 atom stereocenters. The van der Waals surface area contributed by atoms with Gasteiger partial charge in [0, 0.05) is 48.5 Å². The molecular weight excluding hydrogens is 381 g/mol. The maximum Gasteiger partial charge on any atom is 0.254 e. The van der Waals surface area contributed by atoms with Crippen molar-refractivity contribution in [3.8, 4) is 0 Å². The molecule has 1 amide bonds. The third-order valence-corrected chi connectivity index (χ3v) is 5.64. The van der Waals surface area contributed by atoms with E-state index in [1.54, 1.807) is 18.2 Å². The number of rotatable bonds is 2. The minimum Gasteiger partial charge on any atom is -0.367 e. The number of halogens is 2. The number of hydrogen-bond donors (Lipinski definition) is 0. The Kier molecular flexibility index (Phi) is 4.94. The monoisotopic (exact) mass is 399 g/mol. The molecule has 0 spiro atoms. The summed E-state index contributed by atoms with van der Waals surface area (Å²) < 4.78 is 0. The zero-order valence-corrected chi connectivity index (χ0v) is 16.5. The number of para-hydroxylation sites is 1. The van der Waals surface area contributed by atoms with Crippen LogP contribution in [0.15, 0.2) is 48.5 Å². The van der Waals surface area contributed by atoms with Gasteiger partial charge in [-0.25, -0.2) is 0 Å². The highest BCUT2D eigenvalue weighted by Crippen LogP contribution is 2.28. The molecule has 0 saturated carbocycles. The number of anilines is 1. The summed E-state index contributed by atoms with van der Waals surface area (Å²) in [6.45, 7) is 4.89. The number of carbonyl (C=O) groups excluding carboxylic acids is 1. The molecule has 1 fully saturated rings. The molecule has 3 aromatic rings. The lowest BCUT2D eigenvalue weighted by Gasteiger charge is -2.36. The van der Waals surface area contributed by atoms with E-state index in [0.717, 1.165) is 29.7 Å². The van der Waals surface area contributed by atoms with Gasteiger partial charge in [-0.05, 0) is 37.3 Å². The van der Waals surface area contributed by atoms with Gasteiger partial charge < -0.3 is 9.80 Å². The highest BCUT2D eigenvalue weighted by molar-refractivity contribution is 6.42. The normalized spacial score (nSPS) is 14.6. The van der Waals surface area contributed by atoms with Gasteiger partial charge in [-0.3, -0.25) is 9.78 Å². The average Bonchev–Trinajstić information content (AvgIpc) is 2.69. The number of nitrogens with zero attached hydrogens (tertiary/aromatic N) is 3. The van der Waals surface area contributed by atoms with E-state index in [0.29, 0.717) is 28.7 Å². The molecule has 27 heavy (non-hydrogen) atoms. The van der Waals surface area contributed by atoms with Gasteiger partial charge in [0.05, 0.1) is 15.6 Å². The van der Waals surface area contributed by atoms with Crippen LogP contribution < -0.4 is 4.90 Å². The van der Waals surface area contributed by atoms with Crippen LogP contribution in [0.3, 0.4) is 0 Å². The van der Waals surface area contributed by atoms with Gasteiger partial charge in [-0.2, -0.15) is 0 Å². The summed E-state index contributed by atoms with van der Waals surface area (Å²) in [5, 5.41) is 2.00. The van der Waals surface area contributed by atoms with Gasteiger partial charge >= 0.3 is 0 Å². The minimum absolute atomic E-state index is 0.0102. The highest BCUT2D eigenvalue weighted by Gasteiger charge is 2.24. The van der Waals surface area contributed by atoms with Gasteiger partial charge in [0.2, 0.25) is 0 Å². The second-order valence-corrected chi connectivity index (χ2v) is 7.52. The Morgan fingerprint density at radius 3 is 2.44 bits per heavy atom. The summed E-state index contributed by atoms with van der Waals surface area (Å²) in [4.78, 5) is 21.6. The average molecular weight is 400 g/mol. The number of carbonyl (C=O) groups is 1. The summed E-state index contributed by atoms with van der Waals surface area (Å²) in [6.07, 6.45) is 0. The first-order valence-corrected chi connectivity index (χ1v) is 9.64. The number of amides is 1. The first-order chi connectivity index (χ1) is 13.0. The van der Waals surface area contributed by atoms with E-state index in [9.17, 15) is 4.79 Å². The van der Waals surface area contributed by atoms with Gasteiger partial charge in [0.15, 0.2) is 0 Å². The van der Waals surface area contributed by atoms with Crippen molar-refractivity contribution in [3.05, 3.63) is 69.8 Å². The molecule has 0 aliphatic carbocycles. The van der Waals surface area contributed by atoms with Crippen LogP contribution in [-0.4, -0.2) is 42.0 Å². The number of aromatic nitrogens is 1. The first-order valence-electron chi connectivity index (χ1n) is 8.88. The molecular formula is C21H19Cl2N3O. The second-order valence-electron chi connectivity index (χ2n) is 6.71. The Balaban J connectivity index is 1.52. The standard InChI is InChI=1S/C21H19Cl2N3O/c1-14-12-20(16-4-2-3-5-19(16)24-14)25-8-10-26(11-9-25)21(27)15-6-7-17(22)18(23)13-15/h2-7,12-13H,8-11H2,1H3. The topological polar surface area (TPSA) is 36.4 Å². The second kappa shape index (κ2) is 7.37. The first kappa shape index (κ1) is 18.1. The van der Waals surface area contributed by atoms with Crippen LogP contribution in [0.5, 0.6) is 0 Å². The quantitative estimate of drug-likeness (QED) is 0.619. The molecule has 6 heteroatoms. The van der Waals surface area contributed by atoms with Gasteiger partial charge in [-0.1, -0.05) is 41.4 Å². The Labute approximate surface area is 168 Å². The van der Waals surface area contributed by atoms with Crippen LogP contribution in [0.1, 0.15) is 16.1 Å². The van der Waals surface area contributed by atoms with E-state index in [-0.39, 0.29) is 5.91 Å². The maximum absolute atomic E-state index is 12.8. The number of piperazine rings is 1. The van der Waals surface area contributed by atoms with E-state index >= 15 is 0 Å². The number of aryl methyl sites for hydroxylation is 1. The Morgan fingerprint density at radius 2 is 1.70 bits per heavy atom. The van der Waals surface area contributed by atoms with Crippen LogP contribution in [0.2, 0.25) is 10.0 Å². The van der Waals surface area contributed by atoms with Crippen molar-refractivity contribution in [2.24, 2.45) is 0 Å². The van der Waals surface area contributed by atoms with Crippen LogP contribution in [-0.2, 0) is 0 Å². The number of pyridine rings is 1. The molecule has 0 bridgehead atoms. The molecule has 1 aliphatic rings. The summed E-state index contributed by atoms with van der Waals surface area (Å²) in [5.74, 6) is -0.0102. The van der Waals surface area contributed by atoms with Gasteiger partial charge in [0.25, 0.3) is 5.91 Å². The predicted molar refractivity (Wildman–Crippen MR) is 111 cm³/mol. The molecule has 0 radical (unpaired) electrons. The van der Waals surface area contributed by atoms with E-state index in [1.807, 2.05) is 30.0 Å². The fraction of sp³-hybridized carbons (Fsp3) is 0.238. The summed E-state index contributed by atoms with van der Waals surface area (Å²) in [6, 6.07) is 15.3. The van der Waals surface area contributed by atoms with Crippen molar-refractivity contribution in [1.82, 2.24) is 9.88 Å². The predicted octanol–water partition coefficient (Wildman–Crippen LogP) is 4.81. The molecule has 1 aromatic heterocycles. The lowest BCUT2D eigenvalue weighted by molar-refractivity contribution is 0.0747. The molecule has 138 valence electrons. The lowest BCUT2D eigenvalue weighted by Crippen LogP contribution is -2.48. The number of benzene rings is 2. The van der Waals surface area contributed by atoms with Crippen molar-refractivity contribution in [2.75, 3.05) is 31.1 Å². The fourth-order valence-electron chi connectivity index (χ4n) is 3.51. The third kappa shape index (κ3) is 3.60. The smallest absolute Gasteiger partial charge is 0.254 e. The molecule has 1 aliphatic heterocycles. The Bertz CT molecular complexity index is 1010. The van der Waals surface area contributed by atoms with Gasteiger partial charge in [-0.15, -0.1) is 0 Å². The molecule has 1 saturated heterocycles. The van der Waals surface area contributed by atoms with Crippen LogP contribution in [0, 0.1) is 6.92 Å². The largest absolute Gasteiger partial charge is 0.367 e. The fourth-order valence-corrected chi connectivity index (χ4v) is 3.81. The zero-order valence-electron chi connectivity index (χ0n) is 15.0. The third-order valence-electron chi connectivity index (χ3n) is 4.90. The summed E-state index contributed by atoms with van der Waals surface area (Å²) >= 11 is 12.0. The van der Waals surface area contributed by atoms with E-state index in [2.05, 4.69) is 22.0 Å². The zero-order chi connectivity index (χ0) is 19.0. The van der Waals surface area contributed by atoms with Gasteiger partial charge in [0.1, 0.15) is 0 Å². The SMILES string of the molecule is Cc1cc(N2CCN(C(=O)c3ccc(Cl)c(Cl)c3)CC2)c2ccccc2n1. The summed E-state index contributed by atoms with van der Waals surface area (Å²) in [5.41, 5.74) is 3.75. The van der Waals surface area contributed by atoms with E-state index < -0.39 is 0 Å². The van der Waals surface area contributed by atoms with Crippen LogP contribution in [0.25, 0.3) is 10.9 Å². The van der Waals surface area contributed by atoms with Crippen molar-refractivity contribution in [3.63, 3.8) is 0 Å². The molecule has 2 heterocycles. The van der Waals surface area contributed by atoms with E-state index in [4.69, 9.17) is 23.2 Å². The lowest BCUT2D eigenvalue weighted by atomic mass is 10.1. The van der Waals surface area contributed by atoms with Crippen molar-refractivity contribution in [2.45, 2.75) is 6.92 Å². The summed E-state index contributed by atoms with van der Waals surface area (Å²) in [7, 11) is 0. The Morgan fingerprint density at radius 1 is 0.963 bits per heavy atom. The van der Waals surface area contributed by atoms with Crippen molar-refractivity contribution in [1.29, 1.82) is 0 Å². The molecule has 0 unspecified atom stereocenters. The van der Waals surface area contributed by atoms with Crippen LogP contribution in [0.4, 0.5) is 5.69 Å². The van der Waals surface area contributed by atoms with E-state index in [1.165, 1.54) is 5.69 Å². The Hall–Kier alpha value is -2.30. The van der Waals surface area contributed by atoms with Crippen molar-refractivity contribution < 1.29 is 4.79 Å². The maximum atomic E-state index is 12.8. The molecule has 4 nitrogen and oxygen atoms in total. The van der Waals surface area contributed by atoms with Crippen LogP contribution >= 0.6 is 23.2 Å². The van der Waals surface area contributed by atoms with Crippen molar-refractivity contribution >= 4 is 45.7 Å². The highest BCUT2D eigenvalue weighted by atomic mass is 35.5.